The van der Waals surface area contributed by atoms with Gasteiger partial charge in [0.25, 0.3) is 0 Å². The molecule has 0 spiro atoms. The molecule has 1 aliphatic rings. The Bertz CT molecular complexity index is 333. The third kappa shape index (κ3) is 4.13. The summed E-state index contributed by atoms with van der Waals surface area (Å²) in [6, 6.07) is 0. The molecule has 0 aliphatic heterocycles. The Morgan fingerprint density at radius 1 is 1.56 bits per heavy atom. The molecule has 0 aromatic heterocycles. The third-order valence-corrected chi connectivity index (χ3v) is 2.96. The highest BCUT2D eigenvalue weighted by molar-refractivity contribution is 5.91. The summed E-state index contributed by atoms with van der Waals surface area (Å²) in [6.07, 6.45) is 7.42. The van der Waals surface area contributed by atoms with Crippen molar-refractivity contribution in [3.05, 3.63) is 23.8 Å². The van der Waals surface area contributed by atoms with Gasteiger partial charge in [-0.15, -0.1) is 0 Å². The quantitative estimate of drug-likeness (QED) is 0.682. The van der Waals surface area contributed by atoms with Crippen molar-refractivity contribution in [1.29, 1.82) is 0 Å². The van der Waals surface area contributed by atoms with E-state index in [4.69, 9.17) is 0 Å². The standard InChI is InChI=1S/C14H20O2/c1-10(2)8-14(16)9-11(3)12-4-6-13(15)7-5-12/h4,6,8,11-12H,5,7,9H2,1-3H3/t11-,12+/m1/s1. The van der Waals surface area contributed by atoms with E-state index in [1.165, 1.54) is 0 Å². The van der Waals surface area contributed by atoms with E-state index in [0.717, 1.165) is 12.0 Å². The summed E-state index contributed by atoms with van der Waals surface area (Å²) in [4.78, 5) is 22.6. The number of rotatable bonds is 4. The smallest absolute Gasteiger partial charge is 0.155 e. The average Bonchev–Trinajstić information content (AvgIpc) is 2.16. The number of hydrogen-bond donors (Lipinski definition) is 0. The summed E-state index contributed by atoms with van der Waals surface area (Å²) in [5, 5.41) is 0. The SMILES string of the molecule is CC(C)=CC(=O)C[C@@H](C)[C@H]1C=CC(=O)CC1. The van der Waals surface area contributed by atoms with Crippen LogP contribution in [0.2, 0.25) is 0 Å². The zero-order chi connectivity index (χ0) is 12.1. The number of carbonyl (C=O) groups is 2. The van der Waals surface area contributed by atoms with E-state index in [-0.39, 0.29) is 11.6 Å². The van der Waals surface area contributed by atoms with Crippen LogP contribution in [0.4, 0.5) is 0 Å². The number of hydrogen-bond acceptors (Lipinski definition) is 2. The number of carbonyl (C=O) groups excluding carboxylic acids is 2. The summed E-state index contributed by atoms with van der Waals surface area (Å²) >= 11 is 0. The average molecular weight is 220 g/mol. The first-order valence-corrected chi connectivity index (χ1v) is 5.88. The molecule has 0 saturated carbocycles. The van der Waals surface area contributed by atoms with Gasteiger partial charge < -0.3 is 0 Å². The van der Waals surface area contributed by atoms with Crippen LogP contribution < -0.4 is 0 Å². The van der Waals surface area contributed by atoms with Crippen LogP contribution in [-0.4, -0.2) is 11.6 Å². The maximum atomic E-state index is 11.6. The minimum Gasteiger partial charge on any atom is -0.295 e. The van der Waals surface area contributed by atoms with Crippen molar-refractivity contribution in [1.82, 2.24) is 0 Å². The van der Waals surface area contributed by atoms with Crippen molar-refractivity contribution in [3.8, 4) is 0 Å². The van der Waals surface area contributed by atoms with E-state index in [0.29, 0.717) is 24.7 Å². The van der Waals surface area contributed by atoms with Crippen molar-refractivity contribution in [3.63, 3.8) is 0 Å². The van der Waals surface area contributed by atoms with E-state index in [1.807, 2.05) is 19.9 Å². The Labute approximate surface area is 97.4 Å². The molecular weight excluding hydrogens is 200 g/mol. The van der Waals surface area contributed by atoms with Crippen LogP contribution in [0, 0.1) is 11.8 Å². The molecule has 0 bridgehead atoms. The lowest BCUT2D eigenvalue weighted by Gasteiger charge is -2.21. The zero-order valence-corrected chi connectivity index (χ0v) is 10.3. The van der Waals surface area contributed by atoms with Crippen LogP contribution in [0.15, 0.2) is 23.8 Å². The van der Waals surface area contributed by atoms with Crippen LogP contribution in [0.5, 0.6) is 0 Å². The molecule has 2 atom stereocenters. The Balaban J connectivity index is 2.50. The van der Waals surface area contributed by atoms with E-state index in [9.17, 15) is 9.59 Å². The second-order valence-electron chi connectivity index (χ2n) is 4.90. The zero-order valence-electron chi connectivity index (χ0n) is 10.3. The molecule has 0 unspecified atom stereocenters. The number of ketones is 2. The van der Waals surface area contributed by atoms with Crippen LogP contribution in [0.1, 0.15) is 40.0 Å². The normalized spacial score (nSPS) is 21.7. The molecule has 16 heavy (non-hydrogen) atoms. The summed E-state index contributed by atoms with van der Waals surface area (Å²) < 4.78 is 0. The second kappa shape index (κ2) is 5.78. The lowest BCUT2D eigenvalue weighted by atomic mass is 9.82. The molecule has 0 amide bonds. The highest BCUT2D eigenvalue weighted by Crippen LogP contribution is 2.25. The van der Waals surface area contributed by atoms with E-state index in [1.54, 1.807) is 12.2 Å². The van der Waals surface area contributed by atoms with Crippen molar-refractivity contribution >= 4 is 11.6 Å². The maximum Gasteiger partial charge on any atom is 0.155 e. The van der Waals surface area contributed by atoms with Gasteiger partial charge in [0, 0.05) is 12.8 Å². The fourth-order valence-corrected chi connectivity index (χ4v) is 2.04. The van der Waals surface area contributed by atoms with Gasteiger partial charge in [-0.2, -0.15) is 0 Å². The highest BCUT2D eigenvalue weighted by atomic mass is 16.1. The maximum absolute atomic E-state index is 11.6. The molecule has 0 saturated heterocycles. The lowest BCUT2D eigenvalue weighted by molar-refractivity contribution is -0.115. The first kappa shape index (κ1) is 12.9. The van der Waals surface area contributed by atoms with Gasteiger partial charge >= 0.3 is 0 Å². The fraction of sp³-hybridized carbons (Fsp3) is 0.571. The summed E-state index contributed by atoms with van der Waals surface area (Å²) in [6.45, 7) is 5.95. The predicted octanol–water partition coefficient (Wildman–Crippen LogP) is 3.08. The molecule has 0 radical (unpaired) electrons. The Kier molecular flexibility index (Phi) is 4.66. The largest absolute Gasteiger partial charge is 0.295 e. The van der Waals surface area contributed by atoms with Gasteiger partial charge in [-0.25, -0.2) is 0 Å². The first-order valence-electron chi connectivity index (χ1n) is 5.88. The topological polar surface area (TPSA) is 34.1 Å². The molecular formula is C14H20O2. The van der Waals surface area contributed by atoms with Crippen LogP contribution in [0.25, 0.3) is 0 Å². The minimum atomic E-state index is 0.192. The molecule has 0 fully saturated rings. The summed E-state index contributed by atoms with van der Waals surface area (Å²) in [5.41, 5.74) is 1.05. The second-order valence-corrected chi connectivity index (χ2v) is 4.90. The third-order valence-electron chi connectivity index (χ3n) is 2.96. The molecule has 0 N–H and O–H groups in total. The van der Waals surface area contributed by atoms with Crippen molar-refractivity contribution in [2.24, 2.45) is 11.8 Å². The highest BCUT2D eigenvalue weighted by Gasteiger charge is 2.20. The molecule has 2 heteroatoms. The lowest BCUT2D eigenvalue weighted by Crippen LogP contribution is -2.17. The van der Waals surface area contributed by atoms with Crippen molar-refractivity contribution in [2.75, 3.05) is 0 Å². The van der Waals surface area contributed by atoms with Crippen LogP contribution >= 0.6 is 0 Å². The Morgan fingerprint density at radius 2 is 2.25 bits per heavy atom. The molecule has 1 aliphatic carbocycles. The van der Waals surface area contributed by atoms with Gasteiger partial charge in [-0.05, 0) is 44.3 Å². The first-order chi connectivity index (χ1) is 7.49. The molecule has 1 rings (SSSR count). The van der Waals surface area contributed by atoms with Gasteiger partial charge in [0.1, 0.15) is 0 Å². The van der Waals surface area contributed by atoms with E-state index in [2.05, 4.69) is 6.92 Å². The molecule has 0 aromatic carbocycles. The van der Waals surface area contributed by atoms with Crippen LogP contribution in [0.3, 0.4) is 0 Å². The van der Waals surface area contributed by atoms with Gasteiger partial charge in [-0.3, -0.25) is 9.59 Å². The van der Waals surface area contributed by atoms with E-state index < -0.39 is 0 Å². The molecule has 0 aromatic rings. The monoisotopic (exact) mass is 220 g/mol. The summed E-state index contributed by atoms with van der Waals surface area (Å²) in [7, 11) is 0. The molecule has 2 nitrogen and oxygen atoms in total. The van der Waals surface area contributed by atoms with Crippen molar-refractivity contribution in [2.45, 2.75) is 40.0 Å². The van der Waals surface area contributed by atoms with Gasteiger partial charge in [-0.1, -0.05) is 18.6 Å². The van der Waals surface area contributed by atoms with Gasteiger partial charge in [0.2, 0.25) is 0 Å². The van der Waals surface area contributed by atoms with Crippen molar-refractivity contribution < 1.29 is 9.59 Å². The van der Waals surface area contributed by atoms with Gasteiger partial charge in [0.05, 0.1) is 0 Å². The van der Waals surface area contributed by atoms with E-state index >= 15 is 0 Å². The summed E-state index contributed by atoms with van der Waals surface area (Å²) in [5.74, 6) is 1.11. The van der Waals surface area contributed by atoms with Gasteiger partial charge in [0.15, 0.2) is 11.6 Å². The Morgan fingerprint density at radius 3 is 2.75 bits per heavy atom. The molecule has 0 heterocycles. The number of allylic oxidation sites excluding steroid dienone is 4. The Hall–Kier alpha value is -1.18. The fourth-order valence-electron chi connectivity index (χ4n) is 2.04. The predicted molar refractivity (Wildman–Crippen MR) is 65.1 cm³/mol. The minimum absolute atomic E-state index is 0.192. The molecule has 88 valence electrons. The van der Waals surface area contributed by atoms with Crippen LogP contribution in [-0.2, 0) is 9.59 Å².